The van der Waals surface area contributed by atoms with E-state index >= 15 is 0 Å². The van der Waals surface area contributed by atoms with Crippen LogP contribution in [0.25, 0.3) is 0 Å². The minimum absolute atomic E-state index is 0.223. The fourth-order valence-electron chi connectivity index (χ4n) is 3.98. The summed E-state index contributed by atoms with van der Waals surface area (Å²) >= 11 is 0. The molecule has 7 nitrogen and oxygen atoms in total. The van der Waals surface area contributed by atoms with E-state index in [1.54, 1.807) is 7.11 Å². The molecule has 3 rings (SSSR count). The van der Waals surface area contributed by atoms with Crippen molar-refractivity contribution >= 4 is 5.96 Å². The second-order valence-electron chi connectivity index (χ2n) is 7.62. The van der Waals surface area contributed by atoms with E-state index in [0.29, 0.717) is 6.54 Å². The molecule has 1 aliphatic rings. The number of nitrogens with zero attached hydrogens (tertiary/aromatic N) is 4. The number of benzene rings is 1. The molecule has 1 aromatic heterocycles. The average molecular weight is 413 g/mol. The molecular formula is C23H36N6O. The summed E-state index contributed by atoms with van der Waals surface area (Å²) in [4.78, 5) is 7.51. The number of para-hydroxylation sites is 1. The van der Waals surface area contributed by atoms with Crippen molar-refractivity contribution in [1.29, 1.82) is 0 Å². The van der Waals surface area contributed by atoms with Crippen LogP contribution in [0.15, 0.2) is 47.7 Å². The van der Waals surface area contributed by atoms with Gasteiger partial charge in [-0.05, 0) is 51.4 Å². The molecule has 2 heterocycles. The fraction of sp³-hybridized carbons (Fsp3) is 0.565. The third kappa shape index (κ3) is 6.49. The van der Waals surface area contributed by atoms with Gasteiger partial charge in [-0.1, -0.05) is 24.6 Å². The van der Waals surface area contributed by atoms with E-state index in [9.17, 15) is 0 Å². The molecule has 0 bridgehead atoms. The van der Waals surface area contributed by atoms with Gasteiger partial charge in [0.15, 0.2) is 5.96 Å². The van der Waals surface area contributed by atoms with Crippen LogP contribution in [0.1, 0.15) is 44.2 Å². The third-order valence-electron chi connectivity index (χ3n) is 5.51. The van der Waals surface area contributed by atoms with E-state index in [1.165, 1.54) is 24.8 Å². The Morgan fingerprint density at radius 3 is 2.73 bits per heavy atom. The Morgan fingerprint density at radius 2 is 2.00 bits per heavy atom. The highest BCUT2D eigenvalue weighted by molar-refractivity contribution is 5.79. The normalized spacial score (nSPS) is 16.3. The first-order valence-corrected chi connectivity index (χ1v) is 11.2. The van der Waals surface area contributed by atoms with E-state index in [2.05, 4.69) is 45.8 Å². The lowest BCUT2D eigenvalue weighted by atomic mass is 10.0. The molecular weight excluding hydrogens is 376 g/mol. The molecule has 0 saturated carbocycles. The van der Waals surface area contributed by atoms with Crippen LogP contribution in [0.2, 0.25) is 0 Å². The van der Waals surface area contributed by atoms with Crippen LogP contribution in [0.3, 0.4) is 0 Å². The van der Waals surface area contributed by atoms with Gasteiger partial charge in [-0.15, -0.1) is 0 Å². The van der Waals surface area contributed by atoms with Crippen molar-refractivity contribution in [2.75, 3.05) is 39.8 Å². The van der Waals surface area contributed by atoms with E-state index < -0.39 is 0 Å². The van der Waals surface area contributed by atoms with Crippen LogP contribution in [0.5, 0.6) is 5.75 Å². The van der Waals surface area contributed by atoms with E-state index in [0.717, 1.165) is 50.9 Å². The van der Waals surface area contributed by atoms with Gasteiger partial charge >= 0.3 is 0 Å². The van der Waals surface area contributed by atoms with Crippen LogP contribution in [-0.2, 0) is 6.54 Å². The van der Waals surface area contributed by atoms with Crippen LogP contribution in [-0.4, -0.2) is 60.5 Å². The highest BCUT2D eigenvalue weighted by atomic mass is 16.5. The second-order valence-corrected chi connectivity index (χ2v) is 7.62. The number of aryl methyl sites for hydroxylation is 1. The predicted molar refractivity (Wildman–Crippen MR) is 122 cm³/mol. The first-order chi connectivity index (χ1) is 14.8. The van der Waals surface area contributed by atoms with Crippen molar-refractivity contribution in [3.63, 3.8) is 0 Å². The van der Waals surface area contributed by atoms with Gasteiger partial charge in [0.25, 0.3) is 0 Å². The Kier molecular flexibility index (Phi) is 9.03. The molecule has 0 spiro atoms. The minimum Gasteiger partial charge on any atom is -0.496 e. The molecule has 1 saturated heterocycles. The van der Waals surface area contributed by atoms with Crippen molar-refractivity contribution in [3.8, 4) is 5.75 Å². The number of hydrogen-bond donors (Lipinski definition) is 2. The summed E-state index contributed by atoms with van der Waals surface area (Å²) in [7, 11) is 1.75. The minimum atomic E-state index is 0.223. The van der Waals surface area contributed by atoms with Crippen molar-refractivity contribution in [3.05, 3.63) is 48.3 Å². The molecule has 1 atom stereocenters. The van der Waals surface area contributed by atoms with Gasteiger partial charge in [0.1, 0.15) is 5.75 Å². The number of aliphatic imine (C=N–C) groups is 1. The molecule has 2 aromatic rings. The summed E-state index contributed by atoms with van der Waals surface area (Å²) in [6, 6.07) is 10.5. The Hall–Kier alpha value is -2.54. The lowest BCUT2D eigenvalue weighted by Crippen LogP contribution is -2.40. The van der Waals surface area contributed by atoms with Crippen LogP contribution >= 0.6 is 0 Å². The number of nitrogens with one attached hydrogen (secondary N) is 2. The Morgan fingerprint density at radius 1 is 1.17 bits per heavy atom. The van der Waals surface area contributed by atoms with Gasteiger partial charge in [0.2, 0.25) is 0 Å². The molecule has 2 N–H and O–H groups in total. The van der Waals surface area contributed by atoms with E-state index in [1.807, 2.05) is 29.2 Å². The largest absolute Gasteiger partial charge is 0.496 e. The standard InChI is InChI=1S/C23H36N6O/c1-3-24-23(25-13-9-17-29-18-10-14-27-29)26-19-21(28-15-7-4-8-16-28)20-11-5-6-12-22(20)30-2/h5-6,10-12,14,18,21H,3-4,7-9,13,15-17,19H2,1-2H3,(H2,24,25,26). The Labute approximate surface area is 180 Å². The van der Waals surface area contributed by atoms with Gasteiger partial charge in [-0.3, -0.25) is 14.6 Å². The smallest absolute Gasteiger partial charge is 0.191 e. The fourth-order valence-corrected chi connectivity index (χ4v) is 3.98. The molecule has 1 fully saturated rings. The lowest BCUT2D eigenvalue weighted by Gasteiger charge is -2.34. The number of rotatable bonds is 10. The van der Waals surface area contributed by atoms with Crippen molar-refractivity contribution in [2.45, 2.75) is 45.2 Å². The summed E-state index contributed by atoms with van der Waals surface area (Å²) in [5, 5.41) is 11.1. The van der Waals surface area contributed by atoms with Crippen molar-refractivity contribution in [1.82, 2.24) is 25.3 Å². The van der Waals surface area contributed by atoms with E-state index in [4.69, 9.17) is 9.73 Å². The number of guanidine groups is 1. The third-order valence-corrected chi connectivity index (χ3v) is 5.51. The topological polar surface area (TPSA) is 66.7 Å². The summed E-state index contributed by atoms with van der Waals surface area (Å²) in [6.07, 6.45) is 8.63. The summed E-state index contributed by atoms with van der Waals surface area (Å²) in [6.45, 7) is 7.63. The lowest BCUT2D eigenvalue weighted by molar-refractivity contribution is 0.165. The van der Waals surface area contributed by atoms with Gasteiger partial charge in [-0.2, -0.15) is 5.10 Å². The number of methoxy groups -OCH3 is 1. The van der Waals surface area contributed by atoms with Gasteiger partial charge in [0.05, 0.1) is 19.7 Å². The molecule has 7 heteroatoms. The molecule has 1 aromatic carbocycles. The molecule has 164 valence electrons. The van der Waals surface area contributed by atoms with Crippen molar-refractivity contribution < 1.29 is 4.74 Å². The van der Waals surface area contributed by atoms with E-state index in [-0.39, 0.29) is 6.04 Å². The van der Waals surface area contributed by atoms with Crippen molar-refractivity contribution in [2.24, 2.45) is 4.99 Å². The van der Waals surface area contributed by atoms with Crippen LogP contribution in [0, 0.1) is 0 Å². The van der Waals surface area contributed by atoms with Gasteiger partial charge in [-0.25, -0.2) is 0 Å². The van der Waals surface area contributed by atoms with Gasteiger partial charge in [0, 0.05) is 37.6 Å². The first kappa shape index (κ1) is 22.2. The zero-order chi connectivity index (χ0) is 21.0. The maximum absolute atomic E-state index is 5.67. The van der Waals surface area contributed by atoms with Gasteiger partial charge < -0.3 is 15.4 Å². The highest BCUT2D eigenvalue weighted by Crippen LogP contribution is 2.31. The first-order valence-electron chi connectivity index (χ1n) is 11.2. The zero-order valence-corrected chi connectivity index (χ0v) is 18.4. The molecule has 0 amide bonds. The highest BCUT2D eigenvalue weighted by Gasteiger charge is 2.24. The summed E-state index contributed by atoms with van der Waals surface area (Å²) in [5.41, 5.74) is 1.22. The van der Waals surface area contributed by atoms with Crippen LogP contribution < -0.4 is 15.4 Å². The Bertz CT molecular complexity index is 755. The Balaban J connectivity index is 1.66. The maximum atomic E-state index is 5.67. The number of ether oxygens (including phenoxy) is 1. The monoisotopic (exact) mass is 412 g/mol. The molecule has 1 unspecified atom stereocenters. The molecule has 0 radical (unpaired) electrons. The zero-order valence-electron chi connectivity index (χ0n) is 18.4. The van der Waals surface area contributed by atoms with Crippen LogP contribution in [0.4, 0.5) is 0 Å². The summed E-state index contributed by atoms with van der Waals surface area (Å²) < 4.78 is 7.63. The maximum Gasteiger partial charge on any atom is 0.191 e. The molecule has 1 aliphatic heterocycles. The predicted octanol–water partition coefficient (Wildman–Crippen LogP) is 3.06. The number of aromatic nitrogens is 2. The molecule has 30 heavy (non-hydrogen) atoms. The summed E-state index contributed by atoms with van der Waals surface area (Å²) in [5.74, 6) is 1.82. The number of likely N-dealkylation sites (tertiary alicyclic amines) is 1. The molecule has 0 aliphatic carbocycles. The number of hydrogen-bond acceptors (Lipinski definition) is 4. The average Bonchev–Trinajstić information content (AvgIpc) is 3.31. The quantitative estimate of drug-likeness (QED) is 0.357. The second kappa shape index (κ2) is 12.2. The SMILES string of the molecule is CCNC(=NCC(c1ccccc1OC)N1CCCCC1)NCCCn1cccn1. The number of piperidine rings is 1.